The number of hydrogen-bond donors (Lipinski definition) is 1. The average molecular weight is 441 g/mol. The minimum Gasteiger partial charge on any atom is -0.494 e. The van der Waals surface area contributed by atoms with Crippen LogP contribution in [-0.2, 0) is 4.79 Å². The van der Waals surface area contributed by atoms with Crippen molar-refractivity contribution in [3.8, 4) is 5.75 Å². The monoisotopic (exact) mass is 440 g/mol. The summed E-state index contributed by atoms with van der Waals surface area (Å²) < 4.78 is 5.63. The van der Waals surface area contributed by atoms with E-state index in [1.165, 1.54) is 0 Å². The van der Waals surface area contributed by atoms with Crippen molar-refractivity contribution in [2.45, 2.75) is 12.6 Å². The fraction of sp³-hybridized carbons (Fsp3) is 0.107. The smallest absolute Gasteiger partial charge is 0.264 e. The predicted molar refractivity (Wildman–Crippen MR) is 135 cm³/mol. The zero-order chi connectivity index (χ0) is 22.4. The Morgan fingerprint density at radius 2 is 1.12 bits per heavy atom. The lowest BCUT2D eigenvalue weighted by molar-refractivity contribution is -0.117. The molecule has 0 radical (unpaired) electrons. The summed E-state index contributed by atoms with van der Waals surface area (Å²) in [4.78, 5) is 13.3. The van der Waals surface area contributed by atoms with Crippen LogP contribution < -0.4 is 26.4 Å². The number of hydrogen-bond acceptors (Lipinski definition) is 2. The fourth-order valence-corrected chi connectivity index (χ4v) is 9.09. The molecule has 160 valence electrons. The van der Waals surface area contributed by atoms with Crippen LogP contribution in [0.3, 0.4) is 0 Å². The van der Waals surface area contributed by atoms with Gasteiger partial charge in [-0.1, -0.05) is 66.7 Å². The van der Waals surface area contributed by atoms with E-state index in [-0.39, 0.29) is 5.91 Å². The minimum absolute atomic E-state index is 0.334. The number of carbonyl (C=O) groups excluding carboxylic acids is 1. The van der Waals surface area contributed by atoms with Gasteiger partial charge in [0.25, 0.3) is 5.91 Å². The molecule has 4 aromatic rings. The maximum atomic E-state index is 13.3. The Labute approximate surface area is 190 Å². The molecular weight excluding hydrogens is 413 g/mol. The maximum absolute atomic E-state index is 13.3. The van der Waals surface area contributed by atoms with Crippen molar-refractivity contribution in [1.82, 2.24) is 0 Å². The number of ether oxygens (including phenoxy) is 1. The summed E-state index contributed by atoms with van der Waals surface area (Å²) in [6.07, 6.45) is 0. The van der Waals surface area contributed by atoms with Gasteiger partial charge in [0.15, 0.2) is 5.66 Å². The lowest BCUT2D eigenvalue weighted by atomic mass is 10.1. The van der Waals surface area contributed by atoms with Gasteiger partial charge in [-0.05, 0) is 55.5 Å². The number of carbonyl (C=O) groups is 1. The number of benzene rings is 4. The van der Waals surface area contributed by atoms with Crippen LogP contribution in [0.15, 0.2) is 115 Å². The van der Waals surface area contributed by atoms with Gasteiger partial charge in [0, 0.05) is 5.56 Å². The van der Waals surface area contributed by atoms with E-state index in [9.17, 15) is 4.79 Å². The van der Waals surface area contributed by atoms with E-state index >= 15 is 0 Å². The van der Waals surface area contributed by atoms with Gasteiger partial charge < -0.3 is 10.5 Å². The minimum atomic E-state index is -2.49. The first-order valence-electron chi connectivity index (χ1n) is 10.8. The van der Waals surface area contributed by atoms with Gasteiger partial charge in [-0.2, -0.15) is 0 Å². The molecule has 0 saturated heterocycles. The highest BCUT2D eigenvalue weighted by Crippen LogP contribution is 2.66. The Morgan fingerprint density at radius 1 is 0.719 bits per heavy atom. The third kappa shape index (κ3) is 4.04. The molecular formula is C28H27NO2P+. The first kappa shape index (κ1) is 21.8. The third-order valence-corrected chi connectivity index (χ3v) is 10.3. The van der Waals surface area contributed by atoms with Crippen LogP contribution in [0, 0.1) is 0 Å². The molecule has 1 atom stereocenters. The molecule has 2 N–H and O–H groups in total. The average Bonchev–Trinajstić information content (AvgIpc) is 2.85. The molecule has 32 heavy (non-hydrogen) atoms. The van der Waals surface area contributed by atoms with Crippen molar-refractivity contribution in [2.75, 3.05) is 6.61 Å². The van der Waals surface area contributed by atoms with Crippen molar-refractivity contribution in [2.24, 2.45) is 5.73 Å². The molecule has 3 nitrogen and oxygen atoms in total. The summed E-state index contributed by atoms with van der Waals surface area (Å²) in [5, 5.41) is 3.36. The summed E-state index contributed by atoms with van der Waals surface area (Å²) in [7, 11) is -2.49. The number of nitrogens with two attached hydrogens (primary N) is 1. The Bertz CT molecular complexity index is 1050. The maximum Gasteiger partial charge on any atom is 0.264 e. The van der Waals surface area contributed by atoms with E-state index in [1.54, 1.807) is 0 Å². The Hall–Kier alpha value is -3.42. The summed E-state index contributed by atoms with van der Waals surface area (Å²) in [5.74, 6) is 0.446. The van der Waals surface area contributed by atoms with Crippen LogP contribution in [0.2, 0.25) is 0 Å². The van der Waals surface area contributed by atoms with Crippen LogP contribution >= 0.6 is 7.26 Å². The molecule has 4 rings (SSSR count). The van der Waals surface area contributed by atoms with Gasteiger partial charge in [0.05, 0.1) is 6.61 Å². The van der Waals surface area contributed by atoms with Gasteiger partial charge in [-0.3, -0.25) is 4.79 Å². The molecule has 1 amide bonds. The molecule has 0 fully saturated rings. The van der Waals surface area contributed by atoms with Crippen LogP contribution in [0.5, 0.6) is 5.75 Å². The SMILES string of the molecule is CCOc1ccc(C(C(N)=O)[P+](c2ccccc2)(c2ccccc2)c2ccccc2)cc1. The zero-order valence-corrected chi connectivity index (χ0v) is 19.0. The Balaban J connectivity index is 2.06. The third-order valence-electron chi connectivity index (χ3n) is 5.65. The highest BCUT2D eigenvalue weighted by Gasteiger charge is 2.55. The van der Waals surface area contributed by atoms with Crippen molar-refractivity contribution < 1.29 is 9.53 Å². The molecule has 0 aromatic heterocycles. The van der Waals surface area contributed by atoms with E-state index in [4.69, 9.17) is 10.5 Å². The van der Waals surface area contributed by atoms with Gasteiger partial charge in [-0.15, -0.1) is 0 Å². The molecule has 0 heterocycles. The van der Waals surface area contributed by atoms with E-state index in [1.807, 2.05) is 85.8 Å². The van der Waals surface area contributed by atoms with Crippen LogP contribution in [0.1, 0.15) is 18.1 Å². The van der Waals surface area contributed by atoms with E-state index in [0.29, 0.717) is 6.61 Å². The van der Waals surface area contributed by atoms with Crippen LogP contribution in [0.25, 0.3) is 0 Å². The van der Waals surface area contributed by atoms with E-state index in [2.05, 4.69) is 36.4 Å². The highest BCUT2D eigenvalue weighted by molar-refractivity contribution is 7.96. The van der Waals surface area contributed by atoms with Gasteiger partial charge in [-0.25, -0.2) is 0 Å². The molecule has 0 aliphatic carbocycles. The number of rotatable bonds is 8. The van der Waals surface area contributed by atoms with E-state index < -0.39 is 12.9 Å². The largest absolute Gasteiger partial charge is 0.494 e. The Morgan fingerprint density at radius 3 is 1.47 bits per heavy atom. The van der Waals surface area contributed by atoms with Crippen molar-refractivity contribution >= 4 is 29.1 Å². The molecule has 4 heteroatoms. The molecule has 4 aromatic carbocycles. The number of amides is 1. The van der Waals surface area contributed by atoms with Gasteiger partial charge in [0.2, 0.25) is 0 Å². The second-order valence-electron chi connectivity index (χ2n) is 7.54. The van der Waals surface area contributed by atoms with Gasteiger partial charge in [0.1, 0.15) is 28.9 Å². The topological polar surface area (TPSA) is 52.3 Å². The molecule has 0 saturated carbocycles. The normalized spacial score (nSPS) is 12.2. The van der Waals surface area contributed by atoms with E-state index in [0.717, 1.165) is 27.2 Å². The summed E-state index contributed by atoms with van der Waals surface area (Å²) in [6.45, 7) is 2.55. The quantitative estimate of drug-likeness (QED) is 0.407. The molecule has 0 spiro atoms. The lowest BCUT2D eigenvalue weighted by Crippen LogP contribution is -2.40. The number of primary amides is 1. The molecule has 0 aliphatic rings. The molecule has 0 aliphatic heterocycles. The summed E-state index contributed by atoms with van der Waals surface area (Å²) in [5.41, 5.74) is 6.59. The standard InChI is InChI=1S/C28H26NO2P/c1-2-31-23-20-18-22(19-21-23)27(28(29)30)32(24-12-6-3-7-13-24,25-14-8-4-9-15-25)26-16-10-5-11-17-26/h3-21,27H,2H2,1H3,(H-,29,30)/p+1. The first-order valence-corrected chi connectivity index (χ1v) is 12.6. The first-order chi connectivity index (χ1) is 15.7. The fourth-order valence-electron chi connectivity index (χ4n) is 4.38. The van der Waals surface area contributed by atoms with Crippen molar-refractivity contribution in [3.05, 3.63) is 121 Å². The molecule has 1 unspecified atom stereocenters. The summed E-state index contributed by atoms with van der Waals surface area (Å²) in [6, 6.07) is 38.8. The van der Waals surface area contributed by atoms with Crippen LogP contribution in [0.4, 0.5) is 0 Å². The second kappa shape index (κ2) is 9.80. The lowest BCUT2D eigenvalue weighted by Gasteiger charge is -2.33. The highest BCUT2D eigenvalue weighted by atomic mass is 31.2. The zero-order valence-electron chi connectivity index (χ0n) is 18.1. The van der Waals surface area contributed by atoms with Crippen LogP contribution in [-0.4, -0.2) is 12.5 Å². The van der Waals surface area contributed by atoms with Crippen molar-refractivity contribution in [1.29, 1.82) is 0 Å². The van der Waals surface area contributed by atoms with Crippen molar-refractivity contribution in [3.63, 3.8) is 0 Å². The molecule has 0 bridgehead atoms. The Kier molecular flexibility index (Phi) is 6.68. The predicted octanol–water partition coefficient (Wildman–Crippen LogP) is 4.61. The van der Waals surface area contributed by atoms with Gasteiger partial charge >= 0.3 is 0 Å². The summed E-state index contributed by atoms with van der Waals surface area (Å²) >= 11 is 0. The second-order valence-corrected chi connectivity index (χ2v) is 11.0.